The van der Waals surface area contributed by atoms with Crippen LogP contribution in [0.15, 0.2) is 137 Å². The largest absolute Gasteiger partial charge is 0.497 e. The lowest BCUT2D eigenvalue weighted by molar-refractivity contribution is -0.150. The van der Waals surface area contributed by atoms with E-state index in [0.717, 1.165) is 22.3 Å². The first-order valence-electron chi connectivity index (χ1n) is 37.3. The SMILES string of the molecule is CCOC(=O)[C@@H](C)OP(=O)(CCNCc1ccc(C[C@H](NC(=O)O[C@H]2CO[C@H]3OCC[C@H]32)[C@H](O)CN(CC(C)C)S(=O)(=O)c2ccc(OC)cc2)cc1)Oc1ccccc1.COc1ccc(S(=O)(=O)N(CC(C)C)C[C@@H](O)[C@H](Cc2ccc(CNCCP(=O)(O)O[C@@H](C)C(=O)O)cc2)NC(=O)O[C@H]2CO[C@H]3OCC[C@H]32)cc1. The van der Waals surface area contributed by atoms with Gasteiger partial charge in [0.25, 0.3) is 0 Å². The zero-order valence-electron chi connectivity index (χ0n) is 64.5. The number of nitrogens with zero attached hydrogens (tertiary/aromatic N) is 2. The number of benzene rings is 5. The van der Waals surface area contributed by atoms with Crippen molar-refractivity contribution in [3.8, 4) is 17.2 Å². The quantitative estimate of drug-likeness (QED) is 0.00801. The third-order valence-corrected chi connectivity index (χ3v) is 25.7. The molecule has 0 aromatic heterocycles. The summed E-state index contributed by atoms with van der Waals surface area (Å²) in [4.78, 5) is 59.8. The third-order valence-electron chi connectivity index (χ3n) is 18.7. The maximum absolute atomic E-state index is 13.9. The molecule has 4 aliphatic heterocycles. The molecule has 5 aromatic rings. The van der Waals surface area contributed by atoms with Crippen molar-refractivity contribution in [2.45, 2.75) is 158 Å². The number of ether oxygens (including phenoxy) is 9. The Kier molecular flexibility index (Phi) is 34.7. The van der Waals surface area contributed by atoms with E-state index in [2.05, 4.69) is 21.3 Å². The second kappa shape index (κ2) is 43.0. The number of para-hydroxylation sites is 1. The lowest BCUT2D eigenvalue weighted by atomic mass is 10.00. The molecular formula is C76H108N6O26P2S2. The monoisotopic (exact) mass is 1650 g/mol. The van der Waals surface area contributed by atoms with Crippen LogP contribution in [0.2, 0.25) is 0 Å². The van der Waals surface area contributed by atoms with Gasteiger partial charge in [0.05, 0.1) is 105 Å². The van der Waals surface area contributed by atoms with Crippen LogP contribution in [0.3, 0.4) is 0 Å². The van der Waals surface area contributed by atoms with Crippen LogP contribution in [0, 0.1) is 23.7 Å². The van der Waals surface area contributed by atoms with Crippen molar-refractivity contribution in [3.63, 3.8) is 0 Å². The first-order chi connectivity index (χ1) is 53.3. The van der Waals surface area contributed by atoms with E-state index >= 15 is 0 Å². The number of carboxylic acids is 1. The van der Waals surface area contributed by atoms with Crippen LogP contribution in [-0.4, -0.2) is 230 Å². The van der Waals surface area contributed by atoms with E-state index in [0.29, 0.717) is 56.4 Å². The molecular weight excluding hydrogens is 1540 g/mol. The number of aliphatic carboxylic acids is 1. The molecule has 4 heterocycles. The highest BCUT2D eigenvalue weighted by Gasteiger charge is 2.46. The van der Waals surface area contributed by atoms with Gasteiger partial charge in [-0.1, -0.05) is 94.4 Å². The number of carbonyl (C=O) groups is 4. The zero-order chi connectivity index (χ0) is 81.3. The molecule has 9 rings (SSSR count). The summed E-state index contributed by atoms with van der Waals surface area (Å²) >= 11 is 0. The molecule has 0 saturated carbocycles. The Morgan fingerprint density at radius 1 is 0.545 bits per heavy atom. The Balaban J connectivity index is 0.000000284. The molecule has 0 spiro atoms. The Morgan fingerprint density at radius 3 is 1.37 bits per heavy atom. The standard InChI is InChI=1S/C42H58N3O13PS.C34H50N3O13PS/c1-6-53-40(47)30(4)57-59(49,58-34-10-8-7-9-11-34)23-21-43-25-32-14-12-31(13-15-32)24-37(44-42(48)56-39-28-55-41-36(39)20-22-54-41)38(46)27-45(26-29(2)3)60(50,51)35-18-16-33(52-5)17-19-35;1-22(2)19-37(52(44,45)27-11-9-26(46-4)10-12-27)20-30(38)29(36-34(41)49-31-21-48-33-28(31)13-15-47-33)17-24-5-7-25(8-6-24)18-35-14-16-51(42,43)50-23(3)32(39)40/h7-19,29-30,36-39,41,43,46H,6,20-28H2,1-5H3,(H,44,48);5-12,22-23,28-31,33,35,38H,13-21H2,1-4H3,(H,36,41)(H,39,40)(H,42,43)/t30-,36+,37+,38-,39+,41-,59?;23-,28-,29-,30+,31-,33+/m10/s1. The molecule has 14 atom stereocenters. The van der Waals surface area contributed by atoms with Crippen molar-refractivity contribution in [3.05, 3.63) is 150 Å². The minimum atomic E-state index is -4.11. The smallest absolute Gasteiger partial charge is 0.407 e. The topological polar surface area (TPSA) is 417 Å². The van der Waals surface area contributed by atoms with Gasteiger partial charge < -0.3 is 88.6 Å². The van der Waals surface area contributed by atoms with E-state index in [1.165, 1.54) is 60.9 Å². The first-order valence-corrected chi connectivity index (χ1v) is 43.7. The Hall–Kier alpha value is -7.18. The van der Waals surface area contributed by atoms with Crippen molar-refractivity contribution >= 4 is 59.4 Å². The third kappa shape index (κ3) is 27.5. The highest BCUT2D eigenvalue weighted by molar-refractivity contribution is 7.89. The number of fused-ring (bicyclic) bond motifs is 2. The molecule has 4 saturated heterocycles. The van der Waals surface area contributed by atoms with Gasteiger partial charge in [0.2, 0.25) is 20.0 Å². The average Bonchev–Trinajstić information content (AvgIpc) is 1.33. The van der Waals surface area contributed by atoms with Crippen molar-refractivity contribution in [2.24, 2.45) is 23.7 Å². The summed E-state index contributed by atoms with van der Waals surface area (Å²) < 4.78 is 149. The van der Waals surface area contributed by atoms with E-state index in [9.17, 15) is 60.3 Å². The summed E-state index contributed by atoms with van der Waals surface area (Å²) in [6.07, 6.45) is -7.32. The number of aliphatic hydroxyl groups is 2. The van der Waals surface area contributed by atoms with Gasteiger partial charge in [-0.3, -0.25) is 13.6 Å². The molecule has 4 fully saturated rings. The molecule has 112 heavy (non-hydrogen) atoms. The van der Waals surface area contributed by atoms with Crippen LogP contribution in [0.25, 0.3) is 0 Å². The Bertz CT molecular complexity index is 4120. The van der Waals surface area contributed by atoms with Crippen LogP contribution >= 0.6 is 15.2 Å². The molecule has 0 bridgehead atoms. The number of hydrogen-bond donors (Lipinski definition) is 8. The van der Waals surface area contributed by atoms with Crippen LogP contribution in [0.5, 0.6) is 17.2 Å². The fourth-order valence-corrected chi connectivity index (χ4v) is 18.8. The summed E-state index contributed by atoms with van der Waals surface area (Å²) in [5.74, 6) is -0.985. The number of aliphatic hydroxyl groups excluding tert-OH is 2. The zero-order valence-corrected chi connectivity index (χ0v) is 67.9. The second-order valence-corrected chi connectivity index (χ2v) is 36.3. The fraction of sp³-hybridized carbons (Fsp3) is 0.553. The van der Waals surface area contributed by atoms with E-state index in [1.807, 2.05) is 52.0 Å². The van der Waals surface area contributed by atoms with Crippen LogP contribution in [0.1, 0.15) is 83.6 Å². The van der Waals surface area contributed by atoms with Gasteiger partial charge >= 0.3 is 39.3 Å². The fourth-order valence-electron chi connectivity index (χ4n) is 12.8. The molecule has 4 aliphatic rings. The van der Waals surface area contributed by atoms with Gasteiger partial charge in [0, 0.05) is 52.4 Å². The second-order valence-electron chi connectivity index (χ2n) is 28.4. The number of esters is 1. The molecule has 8 N–H and O–H groups in total. The lowest BCUT2D eigenvalue weighted by Crippen LogP contribution is -2.51. The minimum absolute atomic E-state index is 0.0333. The number of carboxylic acid groups (broad SMARTS) is 1. The number of hydrogen-bond acceptors (Lipinski definition) is 26. The Morgan fingerprint density at radius 2 is 0.964 bits per heavy atom. The maximum Gasteiger partial charge on any atom is 0.407 e. The highest BCUT2D eigenvalue weighted by Crippen LogP contribution is 2.49. The predicted octanol–water partition coefficient (Wildman–Crippen LogP) is 7.70. The lowest BCUT2D eigenvalue weighted by Gasteiger charge is -2.31. The van der Waals surface area contributed by atoms with Gasteiger partial charge in [0.1, 0.15) is 29.5 Å². The van der Waals surface area contributed by atoms with Gasteiger partial charge in [0.15, 0.2) is 24.8 Å². The molecule has 0 aliphatic carbocycles. The molecule has 5 aromatic carbocycles. The number of sulfonamides is 2. The molecule has 2 amide bonds. The molecule has 0 radical (unpaired) electrons. The van der Waals surface area contributed by atoms with E-state index in [1.54, 1.807) is 85.8 Å². The van der Waals surface area contributed by atoms with Gasteiger partial charge in [-0.15, -0.1) is 0 Å². The van der Waals surface area contributed by atoms with Crippen molar-refractivity contribution < 1.29 is 122 Å². The summed E-state index contributed by atoms with van der Waals surface area (Å²) in [6, 6.07) is 33.3. The Labute approximate surface area is 655 Å². The number of carbonyl (C=O) groups excluding carboxylic acids is 3. The predicted molar refractivity (Wildman–Crippen MR) is 410 cm³/mol. The molecule has 36 heteroatoms. The summed E-state index contributed by atoms with van der Waals surface area (Å²) in [7, 11) is -13.0. The number of alkyl carbamates (subject to hydrolysis) is 2. The van der Waals surface area contributed by atoms with Crippen molar-refractivity contribution in [2.75, 3.05) is 98.8 Å². The first kappa shape index (κ1) is 90.4. The van der Waals surface area contributed by atoms with Gasteiger partial charge in [-0.05, 0) is 141 Å². The van der Waals surface area contributed by atoms with E-state index < -0.39 is 121 Å². The number of nitrogens with one attached hydrogen (secondary N) is 4. The molecule has 620 valence electrons. The summed E-state index contributed by atoms with van der Waals surface area (Å²) in [5.41, 5.74) is 3.19. The van der Waals surface area contributed by atoms with Crippen LogP contribution in [-0.2, 0) is 107 Å². The van der Waals surface area contributed by atoms with Crippen molar-refractivity contribution in [1.29, 1.82) is 0 Å². The normalized spacial score (nSPS) is 20.9. The maximum atomic E-state index is 13.9. The van der Waals surface area contributed by atoms with Gasteiger partial charge in [-0.2, -0.15) is 8.61 Å². The number of amides is 2. The average molecular weight is 1650 g/mol. The number of methoxy groups -OCH3 is 2. The van der Waals surface area contributed by atoms with Crippen LogP contribution in [0.4, 0.5) is 9.59 Å². The number of rotatable bonds is 43. The highest BCUT2D eigenvalue weighted by atomic mass is 32.2. The van der Waals surface area contributed by atoms with Gasteiger partial charge in [-0.25, -0.2) is 40.6 Å². The van der Waals surface area contributed by atoms with E-state index in [4.69, 9.17) is 61.3 Å². The van der Waals surface area contributed by atoms with Crippen LogP contribution < -0.4 is 35.3 Å². The molecule has 2 unspecified atom stereocenters. The van der Waals surface area contributed by atoms with Crippen molar-refractivity contribution in [1.82, 2.24) is 29.9 Å². The molecule has 32 nitrogen and oxygen atoms in total. The summed E-state index contributed by atoms with van der Waals surface area (Å²) in [5, 5.41) is 44.1. The minimum Gasteiger partial charge on any atom is -0.497 e. The summed E-state index contributed by atoms with van der Waals surface area (Å²) in [6.45, 7) is 14.0. The van der Waals surface area contributed by atoms with E-state index in [-0.39, 0.29) is 118 Å².